The van der Waals surface area contributed by atoms with Crippen molar-refractivity contribution in [3.05, 3.63) is 21.6 Å². The Morgan fingerprint density at radius 2 is 1.95 bits per heavy atom. The van der Waals surface area contributed by atoms with Gasteiger partial charge in [0.2, 0.25) is 10.0 Å². The lowest BCUT2D eigenvalue weighted by molar-refractivity contribution is 0.130. The molecule has 1 aromatic rings. The summed E-state index contributed by atoms with van der Waals surface area (Å²) in [5, 5.41) is 10.3. The van der Waals surface area contributed by atoms with E-state index in [-0.39, 0.29) is 20.1 Å². The number of anilines is 1. The van der Waals surface area contributed by atoms with Gasteiger partial charge in [-0.25, -0.2) is 13.1 Å². The molecule has 21 heavy (non-hydrogen) atoms. The SMILES string of the molecule is Nc1cc(Cl)cc(S(=O)(=O)NC2CCCCCC2O)c1Br. The molecule has 1 fully saturated rings. The highest BCUT2D eigenvalue weighted by molar-refractivity contribution is 9.10. The van der Waals surface area contributed by atoms with Crippen LogP contribution in [0.25, 0.3) is 0 Å². The van der Waals surface area contributed by atoms with E-state index in [0.29, 0.717) is 12.8 Å². The van der Waals surface area contributed by atoms with Gasteiger partial charge in [-0.05, 0) is 40.9 Å². The van der Waals surface area contributed by atoms with Crippen LogP contribution in [0.4, 0.5) is 5.69 Å². The molecular weight excluding hydrogens is 380 g/mol. The van der Waals surface area contributed by atoms with Gasteiger partial charge in [0.1, 0.15) is 0 Å². The molecule has 2 rings (SSSR count). The van der Waals surface area contributed by atoms with Crippen LogP contribution < -0.4 is 10.5 Å². The highest BCUT2D eigenvalue weighted by Gasteiger charge is 2.28. The largest absolute Gasteiger partial charge is 0.398 e. The number of sulfonamides is 1. The Hall–Kier alpha value is -0.340. The van der Waals surface area contributed by atoms with Gasteiger partial charge < -0.3 is 10.8 Å². The Labute approximate surface area is 138 Å². The molecule has 0 amide bonds. The van der Waals surface area contributed by atoms with Gasteiger partial charge >= 0.3 is 0 Å². The topological polar surface area (TPSA) is 92.4 Å². The summed E-state index contributed by atoms with van der Waals surface area (Å²) in [6.45, 7) is 0. The van der Waals surface area contributed by atoms with Crippen molar-refractivity contribution in [2.24, 2.45) is 0 Å². The molecule has 0 spiro atoms. The fraction of sp³-hybridized carbons (Fsp3) is 0.538. The number of aliphatic hydroxyl groups excluding tert-OH is 1. The normalized spacial score (nSPS) is 23.8. The van der Waals surface area contributed by atoms with Gasteiger partial charge in [0, 0.05) is 16.8 Å². The van der Waals surface area contributed by atoms with Crippen molar-refractivity contribution in [1.29, 1.82) is 0 Å². The Morgan fingerprint density at radius 3 is 2.67 bits per heavy atom. The van der Waals surface area contributed by atoms with E-state index < -0.39 is 22.2 Å². The molecule has 1 saturated carbocycles. The molecular formula is C13H18BrClN2O3S. The van der Waals surface area contributed by atoms with Crippen molar-refractivity contribution in [1.82, 2.24) is 4.72 Å². The highest BCUT2D eigenvalue weighted by atomic mass is 79.9. The van der Waals surface area contributed by atoms with Gasteiger partial charge in [-0.1, -0.05) is 30.9 Å². The van der Waals surface area contributed by atoms with Crippen LogP contribution in [-0.4, -0.2) is 25.7 Å². The number of halogens is 2. The van der Waals surface area contributed by atoms with Crippen LogP contribution in [0.5, 0.6) is 0 Å². The summed E-state index contributed by atoms with van der Waals surface area (Å²) in [6, 6.07) is 2.34. The first-order valence-electron chi connectivity index (χ1n) is 6.76. The molecule has 2 unspecified atom stereocenters. The minimum atomic E-state index is -3.81. The van der Waals surface area contributed by atoms with Crippen LogP contribution >= 0.6 is 27.5 Å². The molecule has 0 radical (unpaired) electrons. The van der Waals surface area contributed by atoms with E-state index in [4.69, 9.17) is 17.3 Å². The van der Waals surface area contributed by atoms with Crippen LogP contribution in [0.1, 0.15) is 32.1 Å². The lowest BCUT2D eigenvalue weighted by atomic mass is 10.1. The van der Waals surface area contributed by atoms with Crippen LogP contribution in [0.15, 0.2) is 21.5 Å². The third-order valence-corrected chi connectivity index (χ3v) is 6.49. The van der Waals surface area contributed by atoms with Gasteiger partial charge in [-0.15, -0.1) is 0 Å². The zero-order chi connectivity index (χ0) is 15.6. The number of nitrogens with one attached hydrogen (secondary N) is 1. The summed E-state index contributed by atoms with van der Waals surface area (Å²) < 4.78 is 27.9. The minimum absolute atomic E-state index is 0.0102. The zero-order valence-corrected chi connectivity index (χ0v) is 14.5. The average Bonchev–Trinajstić information content (AvgIpc) is 2.59. The lowest BCUT2D eigenvalue weighted by Gasteiger charge is -2.22. The molecule has 0 aromatic heterocycles. The molecule has 2 atom stereocenters. The van der Waals surface area contributed by atoms with Gasteiger partial charge in [0.25, 0.3) is 0 Å². The first kappa shape index (κ1) is 17.0. The van der Waals surface area contributed by atoms with E-state index in [9.17, 15) is 13.5 Å². The Balaban J connectivity index is 2.30. The van der Waals surface area contributed by atoms with Gasteiger partial charge in [0.05, 0.1) is 15.5 Å². The third kappa shape index (κ3) is 4.10. The predicted molar refractivity (Wildman–Crippen MR) is 86.8 cm³/mol. The monoisotopic (exact) mass is 396 g/mol. The molecule has 8 heteroatoms. The van der Waals surface area contributed by atoms with Crippen molar-refractivity contribution >= 4 is 43.2 Å². The molecule has 0 heterocycles. The fourth-order valence-electron chi connectivity index (χ4n) is 2.47. The number of nitrogen functional groups attached to an aromatic ring is 1. The first-order valence-corrected chi connectivity index (χ1v) is 9.41. The summed E-state index contributed by atoms with van der Waals surface area (Å²) in [5.41, 5.74) is 5.98. The number of nitrogens with two attached hydrogens (primary N) is 1. The molecule has 0 aliphatic heterocycles. The predicted octanol–water partition coefficient (Wildman–Crippen LogP) is 2.66. The van der Waals surface area contributed by atoms with Gasteiger partial charge in [0.15, 0.2) is 0 Å². The van der Waals surface area contributed by atoms with Crippen molar-refractivity contribution in [3.63, 3.8) is 0 Å². The highest BCUT2D eigenvalue weighted by Crippen LogP contribution is 2.32. The summed E-state index contributed by atoms with van der Waals surface area (Å²) in [5.74, 6) is 0. The van der Waals surface area contributed by atoms with Crippen molar-refractivity contribution in [3.8, 4) is 0 Å². The van der Waals surface area contributed by atoms with Crippen molar-refractivity contribution in [2.45, 2.75) is 49.1 Å². The van der Waals surface area contributed by atoms with Crippen LogP contribution in [-0.2, 0) is 10.0 Å². The Bertz CT molecular complexity index is 624. The number of hydrogen-bond donors (Lipinski definition) is 3. The zero-order valence-electron chi connectivity index (χ0n) is 11.4. The second-order valence-corrected chi connectivity index (χ2v) is 8.15. The summed E-state index contributed by atoms with van der Waals surface area (Å²) in [6.07, 6.45) is 3.36. The third-order valence-electron chi connectivity index (χ3n) is 3.61. The average molecular weight is 398 g/mol. The van der Waals surface area contributed by atoms with E-state index in [0.717, 1.165) is 19.3 Å². The van der Waals surface area contributed by atoms with Gasteiger partial charge in [-0.3, -0.25) is 0 Å². The Morgan fingerprint density at radius 1 is 1.29 bits per heavy atom. The summed E-state index contributed by atoms with van der Waals surface area (Å²) in [4.78, 5) is -0.0102. The van der Waals surface area contributed by atoms with E-state index in [1.54, 1.807) is 0 Å². The second-order valence-electron chi connectivity index (χ2n) is 5.24. The molecule has 1 aromatic carbocycles. The molecule has 1 aliphatic carbocycles. The number of rotatable bonds is 3. The molecule has 1 aliphatic rings. The van der Waals surface area contributed by atoms with E-state index in [1.165, 1.54) is 12.1 Å². The maximum Gasteiger partial charge on any atom is 0.242 e. The first-order chi connectivity index (χ1) is 9.81. The van der Waals surface area contributed by atoms with Crippen molar-refractivity contribution < 1.29 is 13.5 Å². The minimum Gasteiger partial charge on any atom is -0.398 e. The standard InChI is InChI=1S/C13H18BrClN2O3S/c14-13-9(16)6-8(15)7-12(13)21(19,20)17-10-4-2-1-3-5-11(10)18/h6-7,10-11,17-18H,1-5,16H2. The van der Waals surface area contributed by atoms with Gasteiger partial charge in [-0.2, -0.15) is 0 Å². The molecule has 0 bridgehead atoms. The number of aliphatic hydroxyl groups is 1. The van der Waals surface area contributed by atoms with Crippen LogP contribution in [0, 0.1) is 0 Å². The quantitative estimate of drug-likeness (QED) is 0.540. The smallest absolute Gasteiger partial charge is 0.242 e. The summed E-state index contributed by atoms with van der Waals surface area (Å²) >= 11 is 9.06. The maximum atomic E-state index is 12.5. The Kier molecular flexibility index (Phi) is 5.54. The summed E-state index contributed by atoms with van der Waals surface area (Å²) in [7, 11) is -3.81. The number of benzene rings is 1. The van der Waals surface area contributed by atoms with E-state index in [1.807, 2.05) is 0 Å². The van der Waals surface area contributed by atoms with E-state index >= 15 is 0 Å². The molecule has 5 nitrogen and oxygen atoms in total. The molecule has 118 valence electrons. The van der Waals surface area contributed by atoms with Crippen molar-refractivity contribution in [2.75, 3.05) is 5.73 Å². The fourth-order valence-corrected chi connectivity index (χ4v) is 5.06. The number of hydrogen-bond acceptors (Lipinski definition) is 4. The van der Waals surface area contributed by atoms with Crippen LogP contribution in [0.3, 0.4) is 0 Å². The van der Waals surface area contributed by atoms with E-state index in [2.05, 4.69) is 20.7 Å². The molecule has 4 N–H and O–H groups in total. The lowest BCUT2D eigenvalue weighted by Crippen LogP contribution is -2.42. The second kappa shape index (κ2) is 6.83. The van der Waals surface area contributed by atoms with Crippen LogP contribution in [0.2, 0.25) is 5.02 Å². The maximum absolute atomic E-state index is 12.5. The molecule has 0 saturated heterocycles.